The molecular formula is C13H18N2O4S. The van der Waals surface area contributed by atoms with Crippen LogP contribution in [0.2, 0.25) is 0 Å². The van der Waals surface area contributed by atoms with Crippen LogP contribution < -0.4 is 0 Å². The molecule has 1 saturated heterocycles. The molecule has 0 aliphatic carbocycles. The van der Waals surface area contributed by atoms with Crippen molar-refractivity contribution in [1.82, 2.24) is 9.21 Å². The van der Waals surface area contributed by atoms with Gasteiger partial charge in [-0.3, -0.25) is 4.79 Å². The fraction of sp³-hybridized carbons (Fsp3) is 0.462. The highest BCUT2D eigenvalue weighted by Crippen LogP contribution is 2.16. The minimum atomic E-state index is -3.53. The Bertz CT molecular complexity index is 592. The second-order valence-corrected chi connectivity index (χ2v) is 6.87. The van der Waals surface area contributed by atoms with Crippen LogP contribution in [0.3, 0.4) is 0 Å². The third kappa shape index (κ3) is 3.00. The lowest BCUT2D eigenvalue weighted by Crippen LogP contribution is -2.40. The highest BCUT2D eigenvalue weighted by atomic mass is 32.2. The summed E-state index contributed by atoms with van der Waals surface area (Å²) in [6.45, 7) is 2.09. The van der Waals surface area contributed by atoms with Gasteiger partial charge in [-0.25, -0.2) is 12.7 Å². The van der Waals surface area contributed by atoms with Gasteiger partial charge in [-0.05, 0) is 18.2 Å². The van der Waals surface area contributed by atoms with Crippen LogP contribution in [0.1, 0.15) is 10.4 Å². The predicted molar refractivity (Wildman–Crippen MR) is 74.0 cm³/mol. The number of carbonyl (C=O) groups is 1. The Labute approximate surface area is 119 Å². The maximum Gasteiger partial charge on any atom is 0.254 e. The van der Waals surface area contributed by atoms with Gasteiger partial charge in [0.1, 0.15) is 0 Å². The molecule has 0 atom stereocenters. The molecule has 0 spiro atoms. The highest BCUT2D eigenvalue weighted by Gasteiger charge is 2.22. The molecule has 7 heteroatoms. The van der Waals surface area contributed by atoms with Gasteiger partial charge in [0.05, 0.1) is 18.1 Å². The second-order valence-electron chi connectivity index (χ2n) is 4.72. The van der Waals surface area contributed by atoms with E-state index in [2.05, 4.69) is 0 Å². The van der Waals surface area contributed by atoms with Crippen molar-refractivity contribution in [3.05, 3.63) is 29.8 Å². The van der Waals surface area contributed by atoms with E-state index in [0.29, 0.717) is 31.9 Å². The van der Waals surface area contributed by atoms with Crippen molar-refractivity contribution in [2.24, 2.45) is 0 Å². The zero-order valence-corrected chi connectivity index (χ0v) is 12.4. The molecule has 1 amide bonds. The SMILES string of the molecule is CN(C)S(=O)(=O)c1cccc(C(=O)N2CCOCC2)c1. The zero-order chi connectivity index (χ0) is 14.8. The molecule has 0 N–H and O–H groups in total. The summed E-state index contributed by atoms with van der Waals surface area (Å²) in [5.41, 5.74) is 0.384. The molecule has 0 saturated carbocycles. The molecule has 1 aromatic rings. The first kappa shape index (κ1) is 15.0. The van der Waals surface area contributed by atoms with E-state index in [0.717, 1.165) is 4.31 Å². The number of hydrogen-bond donors (Lipinski definition) is 0. The lowest BCUT2D eigenvalue weighted by Gasteiger charge is -2.27. The van der Waals surface area contributed by atoms with Gasteiger partial charge in [-0.1, -0.05) is 6.07 Å². The Hall–Kier alpha value is -1.44. The number of amides is 1. The molecule has 6 nitrogen and oxygen atoms in total. The molecule has 0 radical (unpaired) electrons. The number of carbonyl (C=O) groups excluding carboxylic acids is 1. The molecule has 0 bridgehead atoms. The van der Waals surface area contributed by atoms with Crippen LogP contribution in [0.15, 0.2) is 29.2 Å². The molecule has 1 aliphatic rings. The maximum absolute atomic E-state index is 12.3. The monoisotopic (exact) mass is 298 g/mol. The van der Waals surface area contributed by atoms with E-state index >= 15 is 0 Å². The van der Waals surface area contributed by atoms with Crippen LogP contribution in [-0.4, -0.2) is 63.9 Å². The standard InChI is InChI=1S/C13H18N2O4S/c1-14(2)20(17,18)12-5-3-4-11(10-12)13(16)15-6-8-19-9-7-15/h3-5,10H,6-9H2,1-2H3. The van der Waals surface area contributed by atoms with Gasteiger partial charge in [-0.15, -0.1) is 0 Å². The average molecular weight is 298 g/mol. The van der Waals surface area contributed by atoms with E-state index in [1.807, 2.05) is 0 Å². The van der Waals surface area contributed by atoms with Gasteiger partial charge in [0.25, 0.3) is 5.91 Å². The van der Waals surface area contributed by atoms with E-state index in [4.69, 9.17) is 4.74 Å². The van der Waals surface area contributed by atoms with Crippen molar-refractivity contribution in [1.29, 1.82) is 0 Å². The molecular weight excluding hydrogens is 280 g/mol. The number of benzene rings is 1. The van der Waals surface area contributed by atoms with Crippen molar-refractivity contribution < 1.29 is 17.9 Å². The quantitative estimate of drug-likeness (QED) is 0.810. The third-order valence-electron chi connectivity index (χ3n) is 3.16. The Balaban J connectivity index is 2.28. The van der Waals surface area contributed by atoms with E-state index in [-0.39, 0.29) is 10.8 Å². The van der Waals surface area contributed by atoms with Gasteiger partial charge >= 0.3 is 0 Å². The van der Waals surface area contributed by atoms with E-state index in [9.17, 15) is 13.2 Å². The van der Waals surface area contributed by atoms with Crippen molar-refractivity contribution in [2.75, 3.05) is 40.4 Å². The van der Waals surface area contributed by atoms with Crippen LogP contribution in [0, 0.1) is 0 Å². The van der Waals surface area contributed by atoms with E-state index in [1.165, 1.54) is 26.2 Å². The molecule has 1 aromatic carbocycles. The number of ether oxygens (including phenoxy) is 1. The summed E-state index contributed by atoms with van der Waals surface area (Å²) in [4.78, 5) is 14.1. The molecule has 0 unspecified atom stereocenters. The van der Waals surface area contributed by atoms with Crippen LogP contribution in [-0.2, 0) is 14.8 Å². The normalized spacial score (nSPS) is 16.4. The van der Waals surface area contributed by atoms with Gasteiger partial charge in [0.2, 0.25) is 10.0 Å². The number of morpholine rings is 1. The summed E-state index contributed by atoms with van der Waals surface area (Å²) in [6.07, 6.45) is 0. The fourth-order valence-corrected chi connectivity index (χ4v) is 2.90. The maximum atomic E-state index is 12.3. The Morgan fingerprint density at radius 3 is 2.50 bits per heavy atom. The average Bonchev–Trinajstić information content (AvgIpc) is 2.47. The van der Waals surface area contributed by atoms with Crippen LogP contribution in [0.4, 0.5) is 0 Å². The first-order valence-corrected chi connectivity index (χ1v) is 7.76. The molecule has 20 heavy (non-hydrogen) atoms. The first-order valence-electron chi connectivity index (χ1n) is 6.32. The largest absolute Gasteiger partial charge is 0.378 e. The lowest BCUT2D eigenvalue weighted by atomic mass is 10.2. The van der Waals surface area contributed by atoms with Crippen molar-refractivity contribution >= 4 is 15.9 Å². The van der Waals surface area contributed by atoms with Gasteiger partial charge < -0.3 is 9.64 Å². The second kappa shape index (κ2) is 5.90. The lowest BCUT2D eigenvalue weighted by molar-refractivity contribution is 0.0302. The van der Waals surface area contributed by atoms with E-state index in [1.54, 1.807) is 17.0 Å². The smallest absolute Gasteiger partial charge is 0.254 e. The third-order valence-corrected chi connectivity index (χ3v) is 4.97. The van der Waals surface area contributed by atoms with Crippen LogP contribution >= 0.6 is 0 Å². The summed E-state index contributed by atoms with van der Waals surface area (Å²) in [5.74, 6) is -0.163. The molecule has 0 aromatic heterocycles. The fourth-order valence-electron chi connectivity index (χ4n) is 1.95. The molecule has 1 fully saturated rings. The van der Waals surface area contributed by atoms with Crippen molar-refractivity contribution in [3.63, 3.8) is 0 Å². The molecule has 110 valence electrons. The van der Waals surface area contributed by atoms with Gasteiger partial charge in [0, 0.05) is 32.7 Å². The zero-order valence-electron chi connectivity index (χ0n) is 11.6. The first-order chi connectivity index (χ1) is 9.43. The number of hydrogen-bond acceptors (Lipinski definition) is 4. The van der Waals surface area contributed by atoms with Gasteiger partial charge in [0.15, 0.2) is 0 Å². The summed E-state index contributed by atoms with van der Waals surface area (Å²) in [7, 11) is -0.598. The summed E-state index contributed by atoms with van der Waals surface area (Å²) >= 11 is 0. The molecule has 1 heterocycles. The Morgan fingerprint density at radius 1 is 1.25 bits per heavy atom. The number of sulfonamides is 1. The predicted octanol–water partition coefficient (Wildman–Crippen LogP) is 0.409. The minimum Gasteiger partial charge on any atom is -0.378 e. The minimum absolute atomic E-state index is 0.126. The van der Waals surface area contributed by atoms with Crippen molar-refractivity contribution in [3.8, 4) is 0 Å². The number of nitrogens with zero attached hydrogens (tertiary/aromatic N) is 2. The summed E-state index contributed by atoms with van der Waals surface area (Å²) in [6, 6.07) is 6.13. The highest BCUT2D eigenvalue weighted by molar-refractivity contribution is 7.89. The molecule has 1 aliphatic heterocycles. The summed E-state index contributed by atoms with van der Waals surface area (Å²) < 4.78 is 30.5. The summed E-state index contributed by atoms with van der Waals surface area (Å²) in [5, 5.41) is 0. The van der Waals surface area contributed by atoms with Crippen LogP contribution in [0.25, 0.3) is 0 Å². The Morgan fingerprint density at radius 2 is 1.90 bits per heavy atom. The number of rotatable bonds is 3. The Kier molecular flexibility index (Phi) is 4.42. The van der Waals surface area contributed by atoms with E-state index < -0.39 is 10.0 Å². The molecule has 2 rings (SSSR count). The van der Waals surface area contributed by atoms with Gasteiger partial charge in [-0.2, -0.15) is 0 Å². The van der Waals surface area contributed by atoms with Crippen molar-refractivity contribution in [2.45, 2.75) is 4.90 Å². The van der Waals surface area contributed by atoms with Crippen LogP contribution in [0.5, 0.6) is 0 Å². The topological polar surface area (TPSA) is 66.9 Å².